The number of nitrogens with one attached hydrogen (secondary N) is 3. The minimum atomic E-state index is 0.543. The largest absolute Gasteiger partial charge is 0.362 e. The van der Waals surface area contributed by atoms with Crippen LogP contribution >= 0.6 is 12.2 Å². The Bertz CT molecular complexity index is 634. The Morgan fingerprint density at radius 1 is 1.27 bits per heavy atom. The maximum absolute atomic E-state index is 5.45. The minimum absolute atomic E-state index is 0.543. The first-order chi connectivity index (χ1) is 10.7. The van der Waals surface area contributed by atoms with Gasteiger partial charge in [-0.3, -0.25) is 0 Å². The van der Waals surface area contributed by atoms with Crippen molar-refractivity contribution in [1.29, 1.82) is 0 Å². The summed E-state index contributed by atoms with van der Waals surface area (Å²) in [5.41, 5.74) is 2.55. The summed E-state index contributed by atoms with van der Waals surface area (Å²) < 4.78 is 0. The van der Waals surface area contributed by atoms with Crippen LogP contribution in [-0.2, 0) is 6.42 Å². The summed E-state index contributed by atoms with van der Waals surface area (Å²) in [5, 5.41) is 8.97. The van der Waals surface area contributed by atoms with Gasteiger partial charge in [0.15, 0.2) is 5.11 Å². The Kier molecular flexibility index (Phi) is 4.98. The van der Waals surface area contributed by atoms with Gasteiger partial charge in [0.1, 0.15) is 0 Å². The van der Waals surface area contributed by atoms with Crippen molar-refractivity contribution in [3.05, 3.63) is 36.0 Å². The third-order valence-corrected chi connectivity index (χ3v) is 5.04. The van der Waals surface area contributed by atoms with Crippen LogP contribution in [0.15, 0.2) is 30.5 Å². The van der Waals surface area contributed by atoms with Gasteiger partial charge in [-0.15, -0.1) is 0 Å². The number of para-hydroxylation sites is 1. The van der Waals surface area contributed by atoms with Crippen LogP contribution in [0.25, 0.3) is 10.9 Å². The fourth-order valence-electron chi connectivity index (χ4n) is 3.40. The van der Waals surface area contributed by atoms with Gasteiger partial charge < -0.3 is 15.6 Å². The van der Waals surface area contributed by atoms with E-state index >= 15 is 0 Å². The molecule has 1 saturated carbocycles. The average molecular weight is 315 g/mol. The number of rotatable bonds is 4. The van der Waals surface area contributed by atoms with E-state index in [1.54, 1.807) is 0 Å². The van der Waals surface area contributed by atoms with Crippen molar-refractivity contribution in [2.75, 3.05) is 6.54 Å². The van der Waals surface area contributed by atoms with E-state index in [9.17, 15) is 0 Å². The lowest BCUT2D eigenvalue weighted by Crippen LogP contribution is -2.46. The summed E-state index contributed by atoms with van der Waals surface area (Å²) in [6.45, 7) is 3.19. The highest BCUT2D eigenvalue weighted by Crippen LogP contribution is 2.23. The summed E-state index contributed by atoms with van der Waals surface area (Å²) in [7, 11) is 0. The molecule has 0 saturated heterocycles. The maximum atomic E-state index is 5.45. The highest BCUT2D eigenvalue weighted by atomic mass is 32.1. The predicted octanol–water partition coefficient (Wildman–Crippen LogP) is 3.75. The molecule has 2 atom stereocenters. The van der Waals surface area contributed by atoms with E-state index < -0.39 is 0 Å². The molecule has 1 heterocycles. The number of thiocarbonyl (C=S) groups is 1. The van der Waals surface area contributed by atoms with Crippen LogP contribution in [0.4, 0.5) is 0 Å². The van der Waals surface area contributed by atoms with Crippen LogP contribution in [0.2, 0.25) is 0 Å². The smallest absolute Gasteiger partial charge is 0.166 e. The van der Waals surface area contributed by atoms with Gasteiger partial charge in [-0.1, -0.05) is 38.0 Å². The van der Waals surface area contributed by atoms with Crippen LogP contribution in [0.5, 0.6) is 0 Å². The molecule has 1 aromatic heterocycles. The van der Waals surface area contributed by atoms with Crippen molar-refractivity contribution in [3.63, 3.8) is 0 Å². The van der Waals surface area contributed by atoms with Gasteiger partial charge >= 0.3 is 0 Å². The molecule has 0 unspecified atom stereocenters. The van der Waals surface area contributed by atoms with Gasteiger partial charge in [-0.2, -0.15) is 0 Å². The summed E-state index contributed by atoms with van der Waals surface area (Å²) in [4.78, 5) is 3.32. The van der Waals surface area contributed by atoms with Crippen LogP contribution in [-0.4, -0.2) is 22.7 Å². The van der Waals surface area contributed by atoms with Gasteiger partial charge in [-0.05, 0) is 49.0 Å². The first kappa shape index (κ1) is 15.3. The molecule has 2 aromatic rings. The SMILES string of the molecule is C[C@@H]1CCCC[C@H]1NC(=S)NCCc1c[nH]c2ccccc12. The Hall–Kier alpha value is -1.55. The van der Waals surface area contributed by atoms with Crippen molar-refractivity contribution in [3.8, 4) is 0 Å². The molecule has 0 radical (unpaired) electrons. The van der Waals surface area contributed by atoms with Crippen molar-refractivity contribution in [2.45, 2.75) is 45.1 Å². The third-order valence-electron chi connectivity index (χ3n) is 4.78. The molecule has 4 heteroatoms. The van der Waals surface area contributed by atoms with E-state index in [4.69, 9.17) is 12.2 Å². The Morgan fingerprint density at radius 2 is 2.09 bits per heavy atom. The highest BCUT2D eigenvalue weighted by Gasteiger charge is 2.21. The van der Waals surface area contributed by atoms with Crippen molar-refractivity contribution >= 4 is 28.2 Å². The number of benzene rings is 1. The molecular weight excluding hydrogens is 290 g/mol. The number of fused-ring (bicyclic) bond motifs is 1. The van der Waals surface area contributed by atoms with Crippen LogP contribution in [0.3, 0.4) is 0 Å². The Labute approximate surface area is 137 Å². The van der Waals surface area contributed by atoms with Crippen molar-refractivity contribution < 1.29 is 0 Å². The summed E-state index contributed by atoms with van der Waals surface area (Å²) in [5.74, 6) is 0.724. The van der Waals surface area contributed by atoms with Gasteiger partial charge in [0.2, 0.25) is 0 Å². The molecule has 1 aliphatic carbocycles. The standard InChI is InChI=1S/C18H25N3S/c1-13-6-2-4-8-16(13)21-18(22)19-11-10-14-12-20-17-9-5-3-7-15(14)17/h3,5,7,9,12-13,16,20H,2,4,6,8,10-11H2,1H3,(H2,19,21,22)/t13-,16-/m1/s1. The summed E-state index contributed by atoms with van der Waals surface area (Å²) in [6.07, 6.45) is 8.32. The minimum Gasteiger partial charge on any atom is -0.362 e. The predicted molar refractivity (Wildman–Crippen MR) is 97.2 cm³/mol. The lowest BCUT2D eigenvalue weighted by atomic mass is 9.86. The number of hydrogen-bond acceptors (Lipinski definition) is 1. The molecule has 22 heavy (non-hydrogen) atoms. The second kappa shape index (κ2) is 7.14. The van der Waals surface area contributed by atoms with Crippen LogP contribution in [0, 0.1) is 5.92 Å². The highest BCUT2D eigenvalue weighted by molar-refractivity contribution is 7.80. The summed E-state index contributed by atoms with van der Waals surface area (Å²) in [6, 6.07) is 8.97. The van der Waals surface area contributed by atoms with Gasteiger partial charge in [0.05, 0.1) is 0 Å². The maximum Gasteiger partial charge on any atom is 0.166 e. The molecule has 0 aliphatic heterocycles. The monoisotopic (exact) mass is 315 g/mol. The fourth-order valence-corrected chi connectivity index (χ4v) is 3.65. The molecule has 118 valence electrons. The van der Waals surface area contributed by atoms with Gasteiger partial charge in [0.25, 0.3) is 0 Å². The zero-order valence-electron chi connectivity index (χ0n) is 13.2. The Balaban J connectivity index is 1.47. The first-order valence-corrected chi connectivity index (χ1v) is 8.74. The van der Waals surface area contributed by atoms with Gasteiger partial charge in [0, 0.05) is 29.7 Å². The second-order valence-corrected chi connectivity index (χ2v) is 6.79. The van der Waals surface area contributed by atoms with E-state index in [0.29, 0.717) is 6.04 Å². The fraction of sp³-hybridized carbons (Fsp3) is 0.500. The molecule has 3 N–H and O–H groups in total. The number of aromatic amines is 1. The van der Waals surface area contributed by atoms with Gasteiger partial charge in [-0.25, -0.2) is 0 Å². The first-order valence-electron chi connectivity index (χ1n) is 8.33. The van der Waals surface area contributed by atoms with Crippen LogP contribution in [0.1, 0.15) is 38.2 Å². The topological polar surface area (TPSA) is 39.8 Å². The average Bonchev–Trinajstić information content (AvgIpc) is 2.93. The molecule has 1 aliphatic rings. The lowest BCUT2D eigenvalue weighted by molar-refractivity contribution is 0.308. The molecule has 3 nitrogen and oxygen atoms in total. The number of H-pyrrole nitrogens is 1. The molecular formula is C18H25N3S. The molecule has 1 aromatic carbocycles. The zero-order chi connectivity index (χ0) is 15.4. The lowest BCUT2D eigenvalue weighted by Gasteiger charge is -2.30. The molecule has 1 fully saturated rings. The third kappa shape index (κ3) is 3.61. The van der Waals surface area contributed by atoms with E-state index in [1.165, 1.54) is 42.1 Å². The molecule has 0 amide bonds. The quantitative estimate of drug-likeness (QED) is 0.753. The number of hydrogen-bond donors (Lipinski definition) is 3. The second-order valence-electron chi connectivity index (χ2n) is 6.38. The summed E-state index contributed by atoms with van der Waals surface area (Å²) >= 11 is 5.45. The van der Waals surface area contributed by atoms with E-state index in [1.807, 2.05) is 0 Å². The molecule has 3 rings (SSSR count). The van der Waals surface area contributed by atoms with E-state index in [0.717, 1.165) is 24.0 Å². The van der Waals surface area contributed by atoms with Crippen molar-refractivity contribution in [1.82, 2.24) is 15.6 Å². The van der Waals surface area contributed by atoms with E-state index in [2.05, 4.69) is 53.0 Å². The number of aromatic nitrogens is 1. The molecule has 0 spiro atoms. The van der Waals surface area contributed by atoms with Crippen molar-refractivity contribution in [2.24, 2.45) is 5.92 Å². The Morgan fingerprint density at radius 3 is 2.95 bits per heavy atom. The normalized spacial score (nSPS) is 21.7. The zero-order valence-corrected chi connectivity index (χ0v) is 14.0. The van der Waals surface area contributed by atoms with E-state index in [-0.39, 0.29) is 0 Å². The van der Waals surface area contributed by atoms with Crippen LogP contribution < -0.4 is 10.6 Å². The molecule has 0 bridgehead atoms.